The number of hydrogen-bond donors (Lipinski definition) is 1. The van der Waals surface area contributed by atoms with Crippen LogP contribution in [-0.2, 0) is 0 Å². The van der Waals surface area contributed by atoms with Crippen LogP contribution in [0, 0.1) is 0 Å². The van der Waals surface area contributed by atoms with Crippen LogP contribution in [0.25, 0.3) is 21.9 Å². The highest BCUT2D eigenvalue weighted by molar-refractivity contribution is 5.97. The zero-order valence-electron chi connectivity index (χ0n) is 9.17. The Kier molecular flexibility index (Phi) is 2.22. The molecule has 0 saturated carbocycles. The van der Waals surface area contributed by atoms with Gasteiger partial charge in [0.15, 0.2) is 0 Å². The fourth-order valence-corrected chi connectivity index (χ4v) is 1.98. The molecule has 0 radical (unpaired) electrons. The van der Waals surface area contributed by atoms with E-state index in [4.69, 9.17) is 5.73 Å². The standard InChI is InChI=1S/C14H11N3/c15-14-12(6-3-7-17-14)13-9-16-8-10-4-1-2-5-11(10)13/h1-9H,(H2,15,17). The van der Waals surface area contributed by atoms with E-state index in [2.05, 4.69) is 16.0 Å². The third-order valence-electron chi connectivity index (χ3n) is 2.80. The number of nitrogen functional groups attached to an aromatic ring is 1. The minimum Gasteiger partial charge on any atom is -0.383 e. The number of fused-ring (bicyclic) bond motifs is 1. The number of aromatic nitrogens is 2. The average Bonchev–Trinajstić information content (AvgIpc) is 2.39. The summed E-state index contributed by atoms with van der Waals surface area (Å²) in [5.41, 5.74) is 7.85. The van der Waals surface area contributed by atoms with Crippen LogP contribution in [0.4, 0.5) is 5.82 Å². The monoisotopic (exact) mass is 221 g/mol. The highest BCUT2D eigenvalue weighted by Gasteiger charge is 2.07. The molecule has 3 nitrogen and oxygen atoms in total. The largest absolute Gasteiger partial charge is 0.383 e. The van der Waals surface area contributed by atoms with E-state index in [0.717, 1.165) is 21.9 Å². The normalized spacial score (nSPS) is 10.6. The van der Waals surface area contributed by atoms with E-state index in [1.807, 2.05) is 42.7 Å². The molecule has 0 atom stereocenters. The van der Waals surface area contributed by atoms with E-state index < -0.39 is 0 Å². The maximum Gasteiger partial charge on any atom is 0.131 e. The number of pyridine rings is 2. The van der Waals surface area contributed by atoms with Crippen LogP contribution < -0.4 is 5.73 Å². The van der Waals surface area contributed by atoms with Crippen molar-refractivity contribution in [3.05, 3.63) is 55.0 Å². The van der Waals surface area contributed by atoms with Gasteiger partial charge in [-0.1, -0.05) is 24.3 Å². The zero-order chi connectivity index (χ0) is 11.7. The summed E-state index contributed by atoms with van der Waals surface area (Å²) >= 11 is 0. The van der Waals surface area contributed by atoms with Gasteiger partial charge in [0.1, 0.15) is 5.82 Å². The van der Waals surface area contributed by atoms with E-state index in [1.54, 1.807) is 6.20 Å². The van der Waals surface area contributed by atoms with Crippen molar-refractivity contribution in [2.75, 3.05) is 5.73 Å². The fraction of sp³-hybridized carbons (Fsp3) is 0. The predicted molar refractivity (Wildman–Crippen MR) is 69.4 cm³/mol. The molecular weight excluding hydrogens is 210 g/mol. The molecule has 17 heavy (non-hydrogen) atoms. The predicted octanol–water partition coefficient (Wildman–Crippen LogP) is 2.88. The zero-order valence-corrected chi connectivity index (χ0v) is 9.17. The summed E-state index contributed by atoms with van der Waals surface area (Å²) in [5.74, 6) is 0.533. The van der Waals surface area contributed by atoms with Crippen LogP contribution in [0.1, 0.15) is 0 Å². The number of benzene rings is 1. The van der Waals surface area contributed by atoms with Crippen molar-refractivity contribution in [1.29, 1.82) is 0 Å². The Morgan fingerprint density at radius 1 is 0.882 bits per heavy atom. The quantitative estimate of drug-likeness (QED) is 0.687. The summed E-state index contributed by atoms with van der Waals surface area (Å²) < 4.78 is 0. The number of nitrogens with two attached hydrogens (primary N) is 1. The molecule has 2 N–H and O–H groups in total. The Balaban J connectivity index is 2.35. The Bertz CT molecular complexity index is 672. The molecule has 3 heteroatoms. The van der Waals surface area contributed by atoms with Crippen LogP contribution in [0.3, 0.4) is 0 Å². The van der Waals surface area contributed by atoms with Gasteiger partial charge in [0.25, 0.3) is 0 Å². The second-order valence-electron chi connectivity index (χ2n) is 3.84. The second-order valence-corrected chi connectivity index (χ2v) is 3.84. The lowest BCUT2D eigenvalue weighted by atomic mass is 10.0. The molecule has 0 aliphatic heterocycles. The Morgan fingerprint density at radius 3 is 2.65 bits per heavy atom. The minimum absolute atomic E-state index is 0.533. The lowest BCUT2D eigenvalue weighted by Crippen LogP contribution is -1.94. The van der Waals surface area contributed by atoms with Gasteiger partial charge in [-0.15, -0.1) is 0 Å². The molecule has 82 valence electrons. The SMILES string of the molecule is Nc1ncccc1-c1cncc2ccccc12. The van der Waals surface area contributed by atoms with Crippen LogP contribution in [0.5, 0.6) is 0 Å². The fourth-order valence-electron chi connectivity index (χ4n) is 1.98. The van der Waals surface area contributed by atoms with Crippen LogP contribution in [0.15, 0.2) is 55.0 Å². The molecule has 0 spiro atoms. The first-order chi connectivity index (χ1) is 8.36. The van der Waals surface area contributed by atoms with Crippen molar-refractivity contribution < 1.29 is 0 Å². The van der Waals surface area contributed by atoms with Gasteiger partial charge in [-0.25, -0.2) is 4.98 Å². The summed E-state index contributed by atoms with van der Waals surface area (Å²) in [5, 5.41) is 2.25. The lowest BCUT2D eigenvalue weighted by molar-refractivity contribution is 1.32. The second kappa shape index (κ2) is 3.87. The van der Waals surface area contributed by atoms with Crippen LogP contribution in [0.2, 0.25) is 0 Å². The first-order valence-corrected chi connectivity index (χ1v) is 5.40. The Hall–Kier alpha value is -2.42. The summed E-state index contributed by atoms with van der Waals surface area (Å²) in [6.45, 7) is 0. The summed E-state index contributed by atoms with van der Waals surface area (Å²) in [7, 11) is 0. The molecular formula is C14H11N3. The lowest BCUT2D eigenvalue weighted by Gasteiger charge is -2.07. The molecule has 3 rings (SSSR count). The molecule has 0 aliphatic carbocycles. The van der Waals surface area contributed by atoms with Gasteiger partial charge in [0.2, 0.25) is 0 Å². The van der Waals surface area contributed by atoms with Crippen molar-refractivity contribution >= 4 is 16.6 Å². The van der Waals surface area contributed by atoms with Crippen molar-refractivity contribution in [1.82, 2.24) is 9.97 Å². The summed E-state index contributed by atoms with van der Waals surface area (Å²) in [6.07, 6.45) is 5.37. The first-order valence-electron chi connectivity index (χ1n) is 5.40. The molecule has 2 heterocycles. The van der Waals surface area contributed by atoms with Crippen molar-refractivity contribution in [2.24, 2.45) is 0 Å². The van der Waals surface area contributed by atoms with Crippen LogP contribution >= 0.6 is 0 Å². The smallest absolute Gasteiger partial charge is 0.131 e. The molecule has 0 aliphatic rings. The molecule has 0 amide bonds. The number of rotatable bonds is 1. The van der Waals surface area contributed by atoms with Gasteiger partial charge >= 0.3 is 0 Å². The van der Waals surface area contributed by atoms with E-state index in [-0.39, 0.29) is 0 Å². The molecule has 1 aromatic carbocycles. The number of nitrogens with zero attached hydrogens (tertiary/aromatic N) is 2. The van der Waals surface area contributed by atoms with Crippen LogP contribution in [-0.4, -0.2) is 9.97 Å². The van der Waals surface area contributed by atoms with Gasteiger partial charge in [-0.05, 0) is 17.5 Å². The molecule has 0 saturated heterocycles. The maximum atomic E-state index is 5.90. The van der Waals surface area contributed by atoms with Gasteiger partial charge in [-0.3, -0.25) is 4.98 Å². The minimum atomic E-state index is 0.533. The molecule has 0 bridgehead atoms. The van der Waals surface area contributed by atoms with Crippen molar-refractivity contribution in [3.8, 4) is 11.1 Å². The third kappa shape index (κ3) is 1.61. The molecule has 3 aromatic rings. The van der Waals surface area contributed by atoms with E-state index in [0.29, 0.717) is 5.82 Å². The summed E-state index contributed by atoms with van der Waals surface area (Å²) in [6, 6.07) is 12.0. The highest BCUT2D eigenvalue weighted by Crippen LogP contribution is 2.29. The maximum absolute atomic E-state index is 5.90. The summed E-state index contributed by atoms with van der Waals surface area (Å²) in [4.78, 5) is 8.36. The van der Waals surface area contributed by atoms with E-state index >= 15 is 0 Å². The van der Waals surface area contributed by atoms with Crippen molar-refractivity contribution in [2.45, 2.75) is 0 Å². The van der Waals surface area contributed by atoms with E-state index in [1.165, 1.54) is 0 Å². The van der Waals surface area contributed by atoms with E-state index in [9.17, 15) is 0 Å². The van der Waals surface area contributed by atoms with Gasteiger partial charge < -0.3 is 5.73 Å². The van der Waals surface area contributed by atoms with Gasteiger partial charge in [0.05, 0.1) is 0 Å². The number of anilines is 1. The highest BCUT2D eigenvalue weighted by atomic mass is 14.8. The molecule has 0 fully saturated rings. The molecule has 0 unspecified atom stereocenters. The Labute approximate surface area is 98.9 Å². The van der Waals surface area contributed by atoms with Gasteiger partial charge in [0, 0.05) is 35.1 Å². The Morgan fingerprint density at radius 2 is 1.76 bits per heavy atom. The average molecular weight is 221 g/mol. The van der Waals surface area contributed by atoms with Crippen molar-refractivity contribution in [3.63, 3.8) is 0 Å². The van der Waals surface area contributed by atoms with Gasteiger partial charge in [-0.2, -0.15) is 0 Å². The number of hydrogen-bond acceptors (Lipinski definition) is 3. The third-order valence-corrected chi connectivity index (χ3v) is 2.80. The first kappa shape index (κ1) is 9.78. The molecule has 2 aromatic heterocycles. The topological polar surface area (TPSA) is 51.8 Å².